The van der Waals surface area contributed by atoms with Gasteiger partial charge in [-0.3, -0.25) is 4.79 Å². The maximum Gasteiger partial charge on any atom is 0.260 e. The molecule has 28 heavy (non-hydrogen) atoms. The Bertz CT molecular complexity index is 1040. The highest BCUT2D eigenvalue weighted by molar-refractivity contribution is 6.06. The van der Waals surface area contributed by atoms with Crippen molar-refractivity contribution in [1.82, 2.24) is 4.90 Å². The van der Waals surface area contributed by atoms with Gasteiger partial charge >= 0.3 is 0 Å². The molecule has 0 radical (unpaired) electrons. The first-order chi connectivity index (χ1) is 13.6. The van der Waals surface area contributed by atoms with E-state index in [0.717, 1.165) is 16.7 Å². The number of ketones is 1. The second kappa shape index (κ2) is 6.11. The van der Waals surface area contributed by atoms with Crippen LogP contribution in [0.4, 0.5) is 0 Å². The maximum atomic E-state index is 14.0. The molecule has 0 saturated carbocycles. The SMILES string of the molecule is CO[C@]12O[C@](c3ccccc3)(C(=O)c3ccccc31)[C@@H](c1ccccc1)N2C. The van der Waals surface area contributed by atoms with Gasteiger partial charge in [0.1, 0.15) is 0 Å². The van der Waals surface area contributed by atoms with Crippen LogP contribution in [-0.4, -0.2) is 24.8 Å². The number of hydrogen-bond acceptors (Lipinski definition) is 4. The molecular formula is C24H21NO3. The zero-order valence-electron chi connectivity index (χ0n) is 15.8. The van der Waals surface area contributed by atoms with Crippen molar-refractivity contribution in [3.8, 4) is 0 Å². The Morgan fingerprint density at radius 3 is 2.18 bits per heavy atom. The molecule has 3 atom stereocenters. The third-order valence-corrected chi connectivity index (χ3v) is 5.98. The minimum absolute atomic E-state index is 0.0415. The van der Waals surface area contributed by atoms with E-state index in [-0.39, 0.29) is 11.8 Å². The van der Waals surface area contributed by atoms with Gasteiger partial charge < -0.3 is 9.47 Å². The molecule has 0 aromatic heterocycles. The zero-order chi connectivity index (χ0) is 19.4. The third-order valence-electron chi connectivity index (χ3n) is 5.98. The van der Waals surface area contributed by atoms with Gasteiger partial charge in [0.25, 0.3) is 5.91 Å². The second-order valence-corrected chi connectivity index (χ2v) is 7.29. The number of carbonyl (C=O) groups is 1. The molecule has 3 aromatic rings. The molecule has 4 nitrogen and oxygen atoms in total. The third kappa shape index (κ3) is 2.02. The zero-order valence-corrected chi connectivity index (χ0v) is 15.8. The van der Waals surface area contributed by atoms with Crippen molar-refractivity contribution in [3.63, 3.8) is 0 Å². The van der Waals surface area contributed by atoms with Crippen molar-refractivity contribution in [2.45, 2.75) is 17.6 Å². The maximum absolute atomic E-state index is 14.0. The van der Waals surface area contributed by atoms with Crippen molar-refractivity contribution in [3.05, 3.63) is 107 Å². The van der Waals surface area contributed by atoms with E-state index in [4.69, 9.17) is 9.47 Å². The summed E-state index contributed by atoms with van der Waals surface area (Å²) in [6.45, 7) is 0. The van der Waals surface area contributed by atoms with Crippen LogP contribution in [0.15, 0.2) is 84.9 Å². The Morgan fingerprint density at radius 2 is 1.50 bits per heavy atom. The molecule has 1 fully saturated rings. The summed E-state index contributed by atoms with van der Waals surface area (Å²) < 4.78 is 12.7. The van der Waals surface area contributed by atoms with Crippen LogP contribution >= 0.6 is 0 Å². The summed E-state index contributed by atoms with van der Waals surface area (Å²) in [7, 11) is 3.59. The first-order valence-electron chi connectivity index (χ1n) is 9.38. The van der Waals surface area contributed by atoms with Gasteiger partial charge in [0.2, 0.25) is 5.78 Å². The van der Waals surface area contributed by atoms with Gasteiger partial charge in [-0.2, -0.15) is 0 Å². The lowest BCUT2D eigenvalue weighted by Gasteiger charge is -2.39. The molecule has 3 aromatic carbocycles. The van der Waals surface area contributed by atoms with Crippen LogP contribution in [0, 0.1) is 0 Å². The lowest BCUT2D eigenvalue weighted by molar-refractivity contribution is -0.294. The minimum Gasteiger partial charge on any atom is -0.337 e. The molecule has 2 bridgehead atoms. The molecule has 0 N–H and O–H groups in total. The fraction of sp³-hybridized carbons (Fsp3) is 0.208. The molecular weight excluding hydrogens is 350 g/mol. The lowest BCUT2D eigenvalue weighted by atomic mass is 9.76. The Morgan fingerprint density at radius 1 is 0.893 bits per heavy atom. The Labute approximate surface area is 164 Å². The number of fused-ring (bicyclic) bond motifs is 4. The Hall–Kier alpha value is -2.79. The van der Waals surface area contributed by atoms with Gasteiger partial charge in [0, 0.05) is 18.2 Å². The van der Waals surface area contributed by atoms with E-state index >= 15 is 0 Å². The van der Waals surface area contributed by atoms with Crippen molar-refractivity contribution < 1.29 is 14.3 Å². The number of rotatable bonds is 3. The van der Waals surface area contributed by atoms with Crippen LogP contribution < -0.4 is 0 Å². The van der Waals surface area contributed by atoms with Crippen LogP contribution in [0.2, 0.25) is 0 Å². The highest BCUT2D eigenvalue weighted by Gasteiger charge is 2.69. The predicted octanol–water partition coefficient (Wildman–Crippen LogP) is 4.24. The van der Waals surface area contributed by atoms with E-state index in [1.54, 1.807) is 7.11 Å². The molecule has 2 aliphatic heterocycles. The molecule has 140 valence electrons. The van der Waals surface area contributed by atoms with Crippen molar-refractivity contribution in [2.24, 2.45) is 0 Å². The van der Waals surface area contributed by atoms with E-state index in [1.165, 1.54) is 0 Å². The summed E-state index contributed by atoms with van der Waals surface area (Å²) in [5.41, 5.74) is 2.03. The number of likely N-dealkylation sites (N-methyl/N-ethyl adjacent to an activating group) is 1. The number of hydrogen-bond donors (Lipinski definition) is 0. The Balaban J connectivity index is 1.87. The number of nitrogens with zero attached hydrogens (tertiary/aromatic N) is 1. The molecule has 5 rings (SSSR count). The summed E-state index contributed by atoms with van der Waals surface area (Å²) in [4.78, 5) is 16.0. The summed E-state index contributed by atoms with van der Waals surface area (Å²) in [6.07, 6.45) is 0. The molecule has 0 amide bonds. The van der Waals surface area contributed by atoms with E-state index < -0.39 is 11.5 Å². The number of carbonyl (C=O) groups excluding carboxylic acids is 1. The van der Waals surface area contributed by atoms with Gasteiger partial charge in [-0.05, 0) is 18.2 Å². The molecule has 2 heterocycles. The van der Waals surface area contributed by atoms with E-state index in [1.807, 2.05) is 96.9 Å². The van der Waals surface area contributed by atoms with Gasteiger partial charge in [0.05, 0.1) is 6.04 Å². The fourth-order valence-electron chi connectivity index (χ4n) is 4.78. The molecule has 4 heteroatoms. The molecule has 2 aliphatic rings. The average molecular weight is 371 g/mol. The first-order valence-corrected chi connectivity index (χ1v) is 9.38. The highest BCUT2D eigenvalue weighted by atomic mass is 16.7. The number of Topliss-reactive ketones (excluding diaryl/α,β-unsaturated/α-hetero) is 1. The Kier molecular flexibility index (Phi) is 3.78. The second-order valence-electron chi connectivity index (χ2n) is 7.29. The van der Waals surface area contributed by atoms with Gasteiger partial charge in [-0.25, -0.2) is 4.90 Å². The summed E-state index contributed by atoms with van der Waals surface area (Å²) >= 11 is 0. The predicted molar refractivity (Wildman–Crippen MR) is 106 cm³/mol. The van der Waals surface area contributed by atoms with Gasteiger partial charge in [0.15, 0.2) is 5.60 Å². The number of benzene rings is 3. The van der Waals surface area contributed by atoms with E-state index in [2.05, 4.69) is 0 Å². The highest BCUT2D eigenvalue weighted by Crippen LogP contribution is 2.61. The molecule has 0 spiro atoms. The summed E-state index contributed by atoms with van der Waals surface area (Å²) in [6, 6.07) is 27.0. The first kappa shape index (κ1) is 17.3. The van der Waals surface area contributed by atoms with Gasteiger partial charge in [-0.15, -0.1) is 0 Å². The smallest absolute Gasteiger partial charge is 0.260 e. The van der Waals surface area contributed by atoms with Crippen molar-refractivity contribution in [2.75, 3.05) is 14.2 Å². The monoisotopic (exact) mass is 371 g/mol. The standard InChI is InChI=1S/C24H21NO3/c1-25-21(17-11-5-3-6-12-17)23(18-13-7-4-8-14-18)22(26)19-15-9-10-16-20(19)24(25,27-2)28-23/h3-16,21H,1-2H3/t21-,23+,24+/m1/s1. The molecule has 0 aliphatic carbocycles. The largest absolute Gasteiger partial charge is 0.337 e. The van der Waals surface area contributed by atoms with Crippen LogP contribution in [0.1, 0.15) is 33.1 Å². The number of ether oxygens (including phenoxy) is 2. The van der Waals surface area contributed by atoms with Crippen molar-refractivity contribution >= 4 is 5.78 Å². The fourth-order valence-corrected chi connectivity index (χ4v) is 4.78. The normalized spacial score (nSPS) is 28.9. The van der Waals surface area contributed by atoms with Gasteiger partial charge in [-0.1, -0.05) is 84.9 Å². The topological polar surface area (TPSA) is 38.8 Å². The molecule has 0 unspecified atom stereocenters. The quantitative estimate of drug-likeness (QED) is 0.690. The van der Waals surface area contributed by atoms with Crippen molar-refractivity contribution in [1.29, 1.82) is 0 Å². The van der Waals surface area contributed by atoms with Crippen LogP contribution in [0.3, 0.4) is 0 Å². The number of methoxy groups -OCH3 is 1. The van der Waals surface area contributed by atoms with E-state index in [0.29, 0.717) is 5.56 Å². The summed E-state index contributed by atoms with van der Waals surface area (Å²) in [5.74, 6) is -1.18. The lowest BCUT2D eigenvalue weighted by Crippen LogP contribution is -2.47. The van der Waals surface area contributed by atoms with E-state index in [9.17, 15) is 4.79 Å². The molecule has 1 saturated heterocycles. The van der Waals surface area contributed by atoms with Crippen LogP contribution in [0.5, 0.6) is 0 Å². The average Bonchev–Trinajstić information content (AvgIpc) is 3.01. The van der Waals surface area contributed by atoms with Crippen LogP contribution in [-0.2, 0) is 21.0 Å². The minimum atomic E-state index is -1.19. The summed E-state index contributed by atoms with van der Waals surface area (Å²) in [5, 5.41) is 0. The van der Waals surface area contributed by atoms with Crippen LogP contribution in [0.25, 0.3) is 0 Å².